The van der Waals surface area contributed by atoms with Crippen LogP contribution in [0.2, 0.25) is 0 Å². The average molecular weight is 244 g/mol. The standard InChI is InChI=1S/C12H18ClNO2/c1-8(13)7-14-10-5-3-2-4-9(10)6-11(14)12(15)16/h9-11H,1-7H2,(H,15,16). The number of halogens is 1. The molecule has 4 heteroatoms. The Hall–Kier alpha value is -0.540. The third-order valence-electron chi connectivity index (χ3n) is 3.86. The number of likely N-dealkylation sites (tertiary alicyclic amines) is 1. The lowest BCUT2D eigenvalue weighted by molar-refractivity contribution is -0.142. The van der Waals surface area contributed by atoms with E-state index in [0.29, 0.717) is 23.5 Å². The minimum Gasteiger partial charge on any atom is -0.480 e. The van der Waals surface area contributed by atoms with Gasteiger partial charge in [-0.3, -0.25) is 9.69 Å². The lowest BCUT2D eigenvalue weighted by Gasteiger charge is -2.32. The van der Waals surface area contributed by atoms with E-state index in [2.05, 4.69) is 6.58 Å². The highest BCUT2D eigenvalue weighted by Gasteiger charge is 2.44. The largest absolute Gasteiger partial charge is 0.480 e. The van der Waals surface area contributed by atoms with Gasteiger partial charge in [-0.2, -0.15) is 0 Å². The van der Waals surface area contributed by atoms with Crippen molar-refractivity contribution >= 4 is 17.6 Å². The molecule has 1 aliphatic carbocycles. The Kier molecular flexibility index (Phi) is 3.55. The molecule has 1 aliphatic heterocycles. The first-order valence-corrected chi connectivity index (χ1v) is 6.29. The van der Waals surface area contributed by atoms with Crippen LogP contribution in [0.5, 0.6) is 0 Å². The molecule has 1 N–H and O–H groups in total. The lowest BCUT2D eigenvalue weighted by Crippen LogP contribution is -2.42. The molecule has 1 saturated carbocycles. The first-order chi connectivity index (χ1) is 7.59. The summed E-state index contributed by atoms with van der Waals surface area (Å²) >= 11 is 5.83. The van der Waals surface area contributed by atoms with Gasteiger partial charge >= 0.3 is 5.97 Å². The van der Waals surface area contributed by atoms with Crippen LogP contribution in [0.3, 0.4) is 0 Å². The van der Waals surface area contributed by atoms with Crippen molar-refractivity contribution in [2.45, 2.75) is 44.2 Å². The van der Waals surface area contributed by atoms with E-state index in [-0.39, 0.29) is 6.04 Å². The van der Waals surface area contributed by atoms with Crippen LogP contribution in [0.25, 0.3) is 0 Å². The summed E-state index contributed by atoms with van der Waals surface area (Å²) in [4.78, 5) is 13.3. The second-order valence-electron chi connectivity index (χ2n) is 4.89. The van der Waals surface area contributed by atoms with Crippen LogP contribution in [-0.4, -0.2) is 34.6 Å². The normalized spacial score (nSPS) is 34.7. The number of carbonyl (C=O) groups is 1. The Bertz CT molecular complexity index is 305. The fourth-order valence-electron chi connectivity index (χ4n) is 3.22. The Morgan fingerprint density at radius 1 is 1.44 bits per heavy atom. The van der Waals surface area contributed by atoms with Gasteiger partial charge in [0.05, 0.1) is 0 Å². The quantitative estimate of drug-likeness (QED) is 0.828. The SMILES string of the molecule is C=C(Cl)CN1C(C(=O)O)CC2CCCCC21. The van der Waals surface area contributed by atoms with Gasteiger partial charge in [-0.1, -0.05) is 31.0 Å². The van der Waals surface area contributed by atoms with Gasteiger partial charge in [0.15, 0.2) is 0 Å². The monoisotopic (exact) mass is 243 g/mol. The fraction of sp³-hybridized carbons (Fsp3) is 0.750. The van der Waals surface area contributed by atoms with E-state index in [9.17, 15) is 9.90 Å². The molecule has 1 saturated heterocycles. The molecule has 0 radical (unpaired) electrons. The second-order valence-corrected chi connectivity index (χ2v) is 5.43. The number of rotatable bonds is 3. The van der Waals surface area contributed by atoms with Gasteiger partial charge in [-0.15, -0.1) is 0 Å². The van der Waals surface area contributed by atoms with Gasteiger partial charge < -0.3 is 5.11 Å². The summed E-state index contributed by atoms with van der Waals surface area (Å²) in [6, 6.07) is 0.0500. The third-order valence-corrected chi connectivity index (χ3v) is 3.98. The van der Waals surface area contributed by atoms with Crippen LogP contribution < -0.4 is 0 Å². The molecule has 16 heavy (non-hydrogen) atoms. The van der Waals surface area contributed by atoms with Crippen LogP contribution in [-0.2, 0) is 4.79 Å². The molecule has 2 fully saturated rings. The highest BCUT2D eigenvalue weighted by atomic mass is 35.5. The maximum absolute atomic E-state index is 11.2. The van der Waals surface area contributed by atoms with Crippen molar-refractivity contribution < 1.29 is 9.90 Å². The van der Waals surface area contributed by atoms with Crippen molar-refractivity contribution in [1.29, 1.82) is 0 Å². The van der Waals surface area contributed by atoms with Gasteiger partial charge in [0.1, 0.15) is 6.04 Å². The highest BCUT2D eigenvalue weighted by Crippen LogP contribution is 2.40. The van der Waals surface area contributed by atoms with Crippen LogP contribution in [0, 0.1) is 5.92 Å². The van der Waals surface area contributed by atoms with Crippen molar-refractivity contribution in [2.24, 2.45) is 5.92 Å². The maximum atomic E-state index is 11.2. The van der Waals surface area contributed by atoms with Gasteiger partial charge in [0, 0.05) is 17.6 Å². The number of hydrogen-bond donors (Lipinski definition) is 1. The summed E-state index contributed by atoms with van der Waals surface area (Å²) < 4.78 is 0. The number of fused-ring (bicyclic) bond motifs is 1. The van der Waals surface area contributed by atoms with Crippen molar-refractivity contribution in [3.8, 4) is 0 Å². The molecule has 2 aliphatic rings. The zero-order chi connectivity index (χ0) is 11.7. The van der Waals surface area contributed by atoms with Crippen molar-refractivity contribution in [2.75, 3.05) is 6.54 Å². The predicted octanol–water partition coefficient (Wildman–Crippen LogP) is 2.46. The molecule has 3 nitrogen and oxygen atoms in total. The molecule has 3 atom stereocenters. The predicted molar refractivity (Wildman–Crippen MR) is 63.5 cm³/mol. The summed E-state index contributed by atoms with van der Waals surface area (Å²) in [5.41, 5.74) is 0. The maximum Gasteiger partial charge on any atom is 0.320 e. The number of carboxylic acids is 1. The summed E-state index contributed by atoms with van der Waals surface area (Å²) in [6.45, 7) is 4.19. The summed E-state index contributed by atoms with van der Waals surface area (Å²) in [6.07, 6.45) is 5.50. The molecule has 0 spiro atoms. The Labute approximate surface area is 101 Å². The van der Waals surface area contributed by atoms with Gasteiger partial charge in [-0.25, -0.2) is 0 Å². The Balaban J connectivity index is 2.14. The van der Waals surface area contributed by atoms with Crippen LogP contribution in [0.1, 0.15) is 32.1 Å². The smallest absolute Gasteiger partial charge is 0.320 e. The molecule has 0 bridgehead atoms. The Morgan fingerprint density at radius 3 is 2.75 bits per heavy atom. The Morgan fingerprint density at radius 2 is 2.12 bits per heavy atom. The molecule has 0 aromatic rings. The number of carboxylic acid groups (broad SMARTS) is 1. The molecule has 1 heterocycles. The molecule has 3 unspecified atom stereocenters. The van der Waals surface area contributed by atoms with E-state index >= 15 is 0 Å². The molecule has 0 amide bonds. The number of nitrogens with zero attached hydrogens (tertiary/aromatic N) is 1. The van der Waals surface area contributed by atoms with Gasteiger partial charge in [0.25, 0.3) is 0 Å². The fourth-order valence-corrected chi connectivity index (χ4v) is 3.36. The zero-order valence-corrected chi connectivity index (χ0v) is 10.1. The molecular formula is C12H18ClNO2. The van der Waals surface area contributed by atoms with E-state index in [1.165, 1.54) is 19.3 Å². The van der Waals surface area contributed by atoms with Crippen LogP contribution >= 0.6 is 11.6 Å². The average Bonchev–Trinajstić information content (AvgIpc) is 2.57. The molecular weight excluding hydrogens is 226 g/mol. The first-order valence-electron chi connectivity index (χ1n) is 5.91. The van der Waals surface area contributed by atoms with Gasteiger partial charge in [0.2, 0.25) is 0 Å². The van der Waals surface area contributed by atoms with E-state index in [1.807, 2.05) is 4.90 Å². The minimum absolute atomic E-state index is 0.358. The van der Waals surface area contributed by atoms with E-state index in [4.69, 9.17) is 11.6 Å². The number of hydrogen-bond acceptors (Lipinski definition) is 2. The summed E-state index contributed by atoms with van der Waals surface area (Å²) in [7, 11) is 0. The molecule has 90 valence electrons. The minimum atomic E-state index is -0.715. The molecule has 0 aromatic carbocycles. The topological polar surface area (TPSA) is 40.5 Å². The molecule has 0 aromatic heterocycles. The van der Waals surface area contributed by atoms with Crippen LogP contribution in [0.15, 0.2) is 11.6 Å². The third kappa shape index (κ3) is 2.25. The van der Waals surface area contributed by atoms with Crippen LogP contribution in [0.4, 0.5) is 0 Å². The summed E-state index contributed by atoms with van der Waals surface area (Å²) in [5.74, 6) is -0.168. The van der Waals surface area contributed by atoms with Gasteiger partial charge in [-0.05, 0) is 25.2 Å². The van der Waals surface area contributed by atoms with E-state index in [1.54, 1.807) is 0 Å². The molecule has 2 rings (SSSR count). The zero-order valence-electron chi connectivity index (χ0n) is 9.36. The van der Waals surface area contributed by atoms with Crippen molar-refractivity contribution in [3.05, 3.63) is 11.6 Å². The van der Waals surface area contributed by atoms with E-state index < -0.39 is 5.97 Å². The summed E-state index contributed by atoms with van der Waals surface area (Å²) in [5, 5.41) is 9.77. The second kappa shape index (κ2) is 4.76. The number of aliphatic carboxylic acids is 1. The van der Waals surface area contributed by atoms with Crippen molar-refractivity contribution in [3.63, 3.8) is 0 Å². The van der Waals surface area contributed by atoms with Crippen molar-refractivity contribution in [1.82, 2.24) is 4.90 Å². The van der Waals surface area contributed by atoms with E-state index in [0.717, 1.165) is 12.8 Å². The lowest BCUT2D eigenvalue weighted by atomic mass is 9.85. The highest BCUT2D eigenvalue weighted by molar-refractivity contribution is 6.29. The first kappa shape index (κ1) is 11.9.